The van der Waals surface area contributed by atoms with Gasteiger partial charge in [-0.15, -0.1) is 12.4 Å². The zero-order chi connectivity index (χ0) is 16.2. The molecule has 0 spiro atoms. The van der Waals surface area contributed by atoms with Crippen LogP contribution in [0.2, 0.25) is 0 Å². The van der Waals surface area contributed by atoms with E-state index in [2.05, 4.69) is 22.8 Å². The Bertz CT molecular complexity index is 724. The van der Waals surface area contributed by atoms with Crippen molar-refractivity contribution in [1.29, 1.82) is 0 Å². The Morgan fingerprint density at radius 2 is 2.12 bits per heavy atom. The second-order valence-electron chi connectivity index (χ2n) is 5.51. The first-order valence-corrected chi connectivity index (χ1v) is 7.62. The third kappa shape index (κ3) is 3.86. The smallest absolute Gasteiger partial charge is 0.254 e. The predicted molar refractivity (Wildman–Crippen MR) is 93.4 cm³/mol. The maximum Gasteiger partial charge on any atom is 0.254 e. The number of ether oxygens (including phenoxy) is 1. The molecule has 6 heteroatoms. The molecule has 0 saturated heterocycles. The number of hydrogen-bond acceptors (Lipinski definition) is 3. The highest BCUT2D eigenvalue weighted by Gasteiger charge is 2.20. The Morgan fingerprint density at radius 1 is 1.33 bits per heavy atom. The van der Waals surface area contributed by atoms with Gasteiger partial charge in [0.05, 0.1) is 12.7 Å². The third-order valence-electron chi connectivity index (χ3n) is 4.10. The van der Waals surface area contributed by atoms with Crippen molar-refractivity contribution in [1.82, 2.24) is 10.6 Å². The molecular formula is C18H20ClFN2O2. The lowest BCUT2D eigenvalue weighted by Crippen LogP contribution is -2.39. The van der Waals surface area contributed by atoms with Crippen molar-refractivity contribution >= 4 is 18.3 Å². The quantitative estimate of drug-likeness (QED) is 0.891. The number of carbonyl (C=O) groups excluding carboxylic acids is 1. The van der Waals surface area contributed by atoms with Gasteiger partial charge >= 0.3 is 0 Å². The summed E-state index contributed by atoms with van der Waals surface area (Å²) in [6.07, 6.45) is 0.980. The molecule has 0 saturated carbocycles. The first-order chi connectivity index (χ1) is 11.2. The van der Waals surface area contributed by atoms with E-state index in [1.807, 2.05) is 12.1 Å². The van der Waals surface area contributed by atoms with Gasteiger partial charge in [-0.05, 0) is 36.2 Å². The molecule has 0 aromatic heterocycles. The molecule has 2 aromatic rings. The number of hydrogen-bond donors (Lipinski definition) is 2. The Hall–Kier alpha value is -2.11. The summed E-state index contributed by atoms with van der Waals surface area (Å²) in [7, 11) is 1.46. The summed E-state index contributed by atoms with van der Waals surface area (Å²) in [5.74, 6) is -0.615. The first kappa shape index (κ1) is 18.2. The highest BCUT2D eigenvalue weighted by atomic mass is 35.5. The lowest BCUT2D eigenvalue weighted by atomic mass is 9.94. The lowest BCUT2D eigenvalue weighted by Gasteiger charge is -2.27. The van der Waals surface area contributed by atoms with Crippen LogP contribution in [0.4, 0.5) is 4.39 Å². The monoisotopic (exact) mass is 350 g/mol. The van der Waals surface area contributed by atoms with Crippen molar-refractivity contribution in [3.8, 4) is 5.75 Å². The molecule has 0 bridgehead atoms. The molecule has 4 nitrogen and oxygen atoms in total. The summed E-state index contributed by atoms with van der Waals surface area (Å²) < 4.78 is 18.9. The van der Waals surface area contributed by atoms with E-state index >= 15 is 0 Å². The number of carbonyl (C=O) groups is 1. The summed E-state index contributed by atoms with van der Waals surface area (Å²) in [5.41, 5.74) is 2.50. The van der Waals surface area contributed by atoms with Crippen molar-refractivity contribution in [2.75, 3.05) is 20.2 Å². The fourth-order valence-corrected chi connectivity index (χ4v) is 2.87. The van der Waals surface area contributed by atoms with Gasteiger partial charge in [0, 0.05) is 18.7 Å². The summed E-state index contributed by atoms with van der Waals surface area (Å²) >= 11 is 0. The highest BCUT2D eigenvalue weighted by Crippen LogP contribution is 2.22. The molecule has 1 aliphatic heterocycles. The number of benzene rings is 2. The van der Waals surface area contributed by atoms with Gasteiger partial charge in [0.2, 0.25) is 0 Å². The fourth-order valence-electron chi connectivity index (χ4n) is 2.87. The van der Waals surface area contributed by atoms with E-state index in [1.165, 1.54) is 30.4 Å². The molecule has 1 aliphatic rings. The summed E-state index contributed by atoms with van der Waals surface area (Å²) in [6, 6.07) is 12.4. The Morgan fingerprint density at radius 3 is 2.88 bits per heavy atom. The van der Waals surface area contributed by atoms with Gasteiger partial charge in [0.15, 0.2) is 0 Å². The van der Waals surface area contributed by atoms with Gasteiger partial charge in [-0.1, -0.05) is 24.3 Å². The zero-order valence-corrected chi connectivity index (χ0v) is 14.2. The molecule has 0 fully saturated rings. The minimum Gasteiger partial charge on any atom is -0.497 e. The van der Waals surface area contributed by atoms with Gasteiger partial charge in [-0.25, -0.2) is 4.39 Å². The Labute approximate surface area is 146 Å². The normalized spacial score (nSPS) is 15.8. The second-order valence-corrected chi connectivity index (χ2v) is 5.51. The van der Waals surface area contributed by atoms with Crippen LogP contribution in [-0.4, -0.2) is 26.1 Å². The van der Waals surface area contributed by atoms with Gasteiger partial charge in [0.1, 0.15) is 11.6 Å². The molecule has 2 aromatic carbocycles. The molecule has 3 rings (SSSR count). The van der Waals surface area contributed by atoms with E-state index in [4.69, 9.17) is 4.74 Å². The van der Waals surface area contributed by atoms with Crippen molar-refractivity contribution < 1.29 is 13.9 Å². The van der Waals surface area contributed by atoms with Gasteiger partial charge in [0.25, 0.3) is 5.91 Å². The number of fused-ring (bicyclic) bond motifs is 1. The molecule has 0 radical (unpaired) electrons. The van der Waals surface area contributed by atoms with Crippen LogP contribution in [0.1, 0.15) is 27.5 Å². The summed E-state index contributed by atoms with van der Waals surface area (Å²) in [6.45, 7) is 1.29. The number of nitrogens with one attached hydrogen (secondary N) is 2. The average Bonchev–Trinajstić information content (AvgIpc) is 2.59. The van der Waals surface area contributed by atoms with Crippen LogP contribution >= 0.6 is 12.4 Å². The van der Waals surface area contributed by atoms with Crippen LogP contribution in [0.25, 0.3) is 0 Å². The van der Waals surface area contributed by atoms with Crippen LogP contribution in [-0.2, 0) is 6.42 Å². The Balaban J connectivity index is 0.00000208. The van der Waals surface area contributed by atoms with E-state index in [0.29, 0.717) is 12.3 Å². The average molecular weight is 351 g/mol. The molecule has 1 unspecified atom stereocenters. The molecule has 1 amide bonds. The topological polar surface area (TPSA) is 50.4 Å². The summed E-state index contributed by atoms with van der Waals surface area (Å²) in [4.78, 5) is 12.2. The number of methoxy groups -OCH3 is 1. The first-order valence-electron chi connectivity index (χ1n) is 7.62. The van der Waals surface area contributed by atoms with Crippen molar-refractivity contribution in [3.05, 3.63) is 65.0 Å². The minimum absolute atomic E-state index is 0. The van der Waals surface area contributed by atoms with Gasteiger partial charge in [-0.3, -0.25) is 4.79 Å². The maximum atomic E-state index is 13.9. The van der Waals surface area contributed by atoms with Crippen LogP contribution in [0, 0.1) is 5.82 Å². The largest absolute Gasteiger partial charge is 0.497 e. The summed E-state index contributed by atoms with van der Waals surface area (Å²) in [5, 5.41) is 6.19. The fraction of sp³-hybridized carbons (Fsp3) is 0.278. The molecule has 2 N–H and O–H groups in total. The van der Waals surface area contributed by atoms with Crippen LogP contribution in [0.15, 0.2) is 42.5 Å². The molecule has 0 aliphatic carbocycles. The SMILES string of the molecule is COc1ccc(C(=O)NCC2NCCc3ccccc32)c(F)c1.Cl. The van der Waals surface area contributed by atoms with Crippen LogP contribution in [0.3, 0.4) is 0 Å². The minimum atomic E-state index is -0.584. The number of rotatable bonds is 4. The van der Waals surface area contributed by atoms with Crippen LogP contribution in [0.5, 0.6) is 5.75 Å². The predicted octanol–water partition coefficient (Wildman–Crippen LogP) is 2.87. The number of amides is 1. The molecular weight excluding hydrogens is 331 g/mol. The van der Waals surface area contributed by atoms with Crippen molar-refractivity contribution in [3.63, 3.8) is 0 Å². The molecule has 24 heavy (non-hydrogen) atoms. The lowest BCUT2D eigenvalue weighted by molar-refractivity contribution is 0.0945. The molecule has 128 valence electrons. The van der Waals surface area contributed by atoms with Crippen molar-refractivity contribution in [2.45, 2.75) is 12.5 Å². The van der Waals surface area contributed by atoms with Gasteiger partial charge in [-0.2, -0.15) is 0 Å². The second kappa shape index (κ2) is 8.13. The standard InChI is InChI=1S/C18H19FN2O2.ClH/c1-23-13-6-7-15(16(19)10-13)18(22)21-11-17-14-5-3-2-4-12(14)8-9-20-17;/h2-7,10,17,20H,8-9,11H2,1H3,(H,21,22);1H. The highest BCUT2D eigenvalue weighted by molar-refractivity contribution is 5.94. The van der Waals surface area contributed by atoms with E-state index in [0.717, 1.165) is 13.0 Å². The Kier molecular flexibility index (Phi) is 6.17. The van der Waals surface area contributed by atoms with Gasteiger partial charge < -0.3 is 15.4 Å². The van der Waals surface area contributed by atoms with E-state index < -0.39 is 11.7 Å². The molecule has 1 heterocycles. The van der Waals surface area contributed by atoms with Crippen LogP contribution < -0.4 is 15.4 Å². The van der Waals surface area contributed by atoms with E-state index in [1.54, 1.807) is 6.07 Å². The maximum absolute atomic E-state index is 13.9. The van der Waals surface area contributed by atoms with Crippen molar-refractivity contribution in [2.24, 2.45) is 0 Å². The van der Waals surface area contributed by atoms with E-state index in [9.17, 15) is 9.18 Å². The zero-order valence-electron chi connectivity index (χ0n) is 13.3. The number of halogens is 2. The molecule has 1 atom stereocenters. The van der Waals surface area contributed by atoms with E-state index in [-0.39, 0.29) is 24.0 Å². The third-order valence-corrected chi connectivity index (χ3v) is 4.10.